The molecule has 0 saturated carbocycles. The Kier molecular flexibility index (Phi) is 53.3. The first-order valence-corrected chi connectivity index (χ1v) is 32.1. The molecule has 3 atom stereocenters. The van der Waals surface area contributed by atoms with E-state index in [4.69, 9.17) is 9.05 Å². The summed E-state index contributed by atoms with van der Waals surface area (Å²) in [5.74, 6) is -0.190. The number of phosphoric ester groups is 1. The van der Waals surface area contributed by atoms with Crippen molar-refractivity contribution in [2.75, 3.05) is 40.9 Å². The minimum atomic E-state index is -4.36. The molecule has 428 valence electrons. The Morgan fingerprint density at radius 2 is 0.811 bits per heavy atom. The van der Waals surface area contributed by atoms with Crippen LogP contribution in [0, 0.1) is 0 Å². The van der Waals surface area contributed by atoms with E-state index < -0.39 is 20.0 Å². The predicted molar refractivity (Wildman–Crippen MR) is 322 cm³/mol. The zero-order valence-electron chi connectivity index (χ0n) is 48.8. The molecule has 3 N–H and O–H groups in total. The molecule has 1 amide bonds. The van der Waals surface area contributed by atoms with Crippen molar-refractivity contribution < 1.29 is 32.9 Å². The summed E-state index contributed by atoms with van der Waals surface area (Å²) in [6, 6.07) is -0.861. The van der Waals surface area contributed by atoms with E-state index in [9.17, 15) is 19.4 Å². The van der Waals surface area contributed by atoms with E-state index in [0.717, 1.165) is 96.3 Å². The van der Waals surface area contributed by atoms with Gasteiger partial charge < -0.3 is 19.8 Å². The summed E-state index contributed by atoms with van der Waals surface area (Å²) in [6.45, 7) is 4.71. The molecule has 0 aliphatic heterocycles. The summed E-state index contributed by atoms with van der Waals surface area (Å²) in [6.07, 6.45) is 79.4. The Labute approximate surface area is 458 Å². The Bertz CT molecular complexity index is 1520. The maximum atomic E-state index is 13.0. The third kappa shape index (κ3) is 57.1. The van der Waals surface area contributed by atoms with Crippen molar-refractivity contribution >= 4 is 13.7 Å². The van der Waals surface area contributed by atoms with Crippen LogP contribution in [-0.4, -0.2) is 73.4 Å². The molecule has 0 heterocycles. The molecule has 3 unspecified atom stereocenters. The number of quaternary nitrogens is 1. The van der Waals surface area contributed by atoms with Crippen LogP contribution in [0.4, 0.5) is 0 Å². The number of nitrogens with one attached hydrogen (secondary N) is 1. The number of allylic oxidation sites excluding steroid dienone is 15. The van der Waals surface area contributed by atoms with Crippen molar-refractivity contribution in [3.8, 4) is 0 Å². The van der Waals surface area contributed by atoms with Gasteiger partial charge in [0.1, 0.15) is 13.2 Å². The van der Waals surface area contributed by atoms with Crippen LogP contribution in [0.15, 0.2) is 97.2 Å². The fraction of sp³-hybridized carbons (Fsp3) is 0.738. The van der Waals surface area contributed by atoms with Gasteiger partial charge in [0.15, 0.2) is 0 Å². The second-order valence-corrected chi connectivity index (χ2v) is 23.2. The zero-order valence-corrected chi connectivity index (χ0v) is 49.7. The first-order valence-electron chi connectivity index (χ1n) is 30.6. The highest BCUT2D eigenvalue weighted by atomic mass is 31.2. The summed E-state index contributed by atoms with van der Waals surface area (Å²) in [5, 5.41) is 14.0. The molecule has 0 fully saturated rings. The number of hydrogen-bond acceptors (Lipinski definition) is 5. The molecule has 9 heteroatoms. The van der Waals surface area contributed by atoms with Gasteiger partial charge >= 0.3 is 7.82 Å². The van der Waals surface area contributed by atoms with Crippen LogP contribution in [0.3, 0.4) is 0 Å². The lowest BCUT2D eigenvalue weighted by Gasteiger charge is -2.25. The molecule has 0 aliphatic carbocycles. The van der Waals surface area contributed by atoms with E-state index in [1.807, 2.05) is 27.2 Å². The summed E-state index contributed by atoms with van der Waals surface area (Å²) >= 11 is 0. The van der Waals surface area contributed by atoms with Crippen molar-refractivity contribution in [1.29, 1.82) is 0 Å². The first-order chi connectivity index (χ1) is 36.0. The molecule has 0 aromatic heterocycles. The Balaban J connectivity index is 4.24. The number of carbonyl (C=O) groups is 1. The first kappa shape index (κ1) is 71.4. The van der Waals surface area contributed by atoms with Gasteiger partial charge in [-0.3, -0.25) is 13.8 Å². The average molecular weight is 1050 g/mol. The number of unbranched alkanes of at least 4 members (excludes halogenated alkanes) is 28. The van der Waals surface area contributed by atoms with Crippen LogP contribution in [0.5, 0.6) is 0 Å². The Morgan fingerprint density at radius 1 is 0.473 bits per heavy atom. The number of phosphoric acid groups is 1. The van der Waals surface area contributed by atoms with Crippen LogP contribution in [0.1, 0.15) is 258 Å². The van der Waals surface area contributed by atoms with Crippen molar-refractivity contribution in [2.24, 2.45) is 0 Å². The van der Waals surface area contributed by atoms with Crippen molar-refractivity contribution in [1.82, 2.24) is 5.32 Å². The highest BCUT2D eigenvalue weighted by Gasteiger charge is 2.27. The second kappa shape index (κ2) is 55.2. The molecule has 8 nitrogen and oxygen atoms in total. The van der Waals surface area contributed by atoms with Crippen molar-refractivity contribution in [3.05, 3.63) is 97.2 Å². The molecule has 0 aromatic rings. The van der Waals surface area contributed by atoms with E-state index in [-0.39, 0.29) is 19.1 Å². The molecule has 0 aromatic carbocycles. The highest BCUT2D eigenvalue weighted by Crippen LogP contribution is 2.43. The molecule has 0 bridgehead atoms. The molecule has 74 heavy (non-hydrogen) atoms. The summed E-state index contributed by atoms with van der Waals surface area (Å²) in [4.78, 5) is 23.3. The Morgan fingerprint density at radius 3 is 1.19 bits per heavy atom. The number of aliphatic hydroxyl groups excluding tert-OH is 1. The lowest BCUT2D eigenvalue weighted by Crippen LogP contribution is -2.45. The van der Waals surface area contributed by atoms with Gasteiger partial charge in [-0.05, 0) is 77.0 Å². The molecule has 0 rings (SSSR count). The second-order valence-electron chi connectivity index (χ2n) is 21.7. The summed E-state index contributed by atoms with van der Waals surface area (Å²) in [5.41, 5.74) is 0. The lowest BCUT2D eigenvalue weighted by molar-refractivity contribution is -0.870. The van der Waals surface area contributed by atoms with E-state index in [1.54, 1.807) is 6.08 Å². The van der Waals surface area contributed by atoms with Gasteiger partial charge in [-0.2, -0.15) is 0 Å². The van der Waals surface area contributed by atoms with Crippen LogP contribution in [0.2, 0.25) is 0 Å². The highest BCUT2D eigenvalue weighted by molar-refractivity contribution is 7.47. The molecule has 0 spiro atoms. The maximum Gasteiger partial charge on any atom is 0.472 e. The van der Waals surface area contributed by atoms with Crippen molar-refractivity contribution in [2.45, 2.75) is 270 Å². The largest absolute Gasteiger partial charge is 0.472 e. The van der Waals surface area contributed by atoms with Crippen LogP contribution < -0.4 is 5.32 Å². The van der Waals surface area contributed by atoms with Crippen LogP contribution >= 0.6 is 7.82 Å². The molecular weight excluding hydrogens is 936 g/mol. The number of rotatable bonds is 55. The SMILES string of the molecule is CC/C=C\C/C=C\C/C=C\C/C=C\C/C=C\C/C=C\C/C=C\CCCCCCCCCC(=O)NC(COP(=O)(O)OCC[N+](C)(C)C)C(O)/C=C/CCCCCCCCCCCCCCCCCCCCCCC. The topological polar surface area (TPSA) is 105 Å². The van der Waals surface area contributed by atoms with Crippen molar-refractivity contribution in [3.63, 3.8) is 0 Å². The number of aliphatic hydroxyl groups is 1. The van der Waals surface area contributed by atoms with Gasteiger partial charge in [0.05, 0.1) is 39.9 Å². The number of carbonyl (C=O) groups excluding carboxylic acids is 1. The smallest absolute Gasteiger partial charge is 0.387 e. The van der Waals surface area contributed by atoms with E-state index in [2.05, 4.69) is 104 Å². The zero-order chi connectivity index (χ0) is 54.2. The van der Waals surface area contributed by atoms with E-state index in [1.165, 1.54) is 141 Å². The number of nitrogens with zero attached hydrogens (tertiary/aromatic N) is 1. The monoisotopic (exact) mass is 1050 g/mol. The van der Waals surface area contributed by atoms with Gasteiger partial charge in [0.25, 0.3) is 0 Å². The van der Waals surface area contributed by atoms with Crippen LogP contribution in [-0.2, 0) is 18.4 Å². The number of amides is 1. The average Bonchev–Trinajstić information content (AvgIpc) is 3.36. The third-order valence-electron chi connectivity index (χ3n) is 13.3. The van der Waals surface area contributed by atoms with Gasteiger partial charge in [-0.15, -0.1) is 0 Å². The quantitative estimate of drug-likeness (QED) is 0.0243. The Hall–Kier alpha value is -2.58. The van der Waals surface area contributed by atoms with E-state index >= 15 is 0 Å². The normalized spacial score (nSPS) is 14.5. The van der Waals surface area contributed by atoms with E-state index in [0.29, 0.717) is 17.4 Å². The molecule has 0 aliphatic rings. The molecular formula is C65H118N2O6P+. The molecule has 0 radical (unpaired) electrons. The van der Waals surface area contributed by atoms with Gasteiger partial charge in [0, 0.05) is 6.42 Å². The lowest BCUT2D eigenvalue weighted by atomic mass is 10.0. The number of hydrogen-bond donors (Lipinski definition) is 3. The standard InChI is InChI=1S/C65H117N2O6P/c1-6-8-10-12-14-16-18-20-22-24-26-28-30-31-32-33-34-35-37-39-41-43-45-47-49-51-53-55-57-59-65(69)66-63(62-73-74(70,71)72-61-60-67(3,4)5)64(68)58-56-54-52-50-48-46-44-42-40-38-36-29-27-25-23-21-19-17-15-13-11-9-7-2/h8,10,14,16,20,22,26,28,31-32,34-35,39,41,56,58,63-64,68H,6-7,9,11-13,15,17-19,21,23-25,27,29-30,33,36-38,40,42-55,57,59-62H2,1-5H3,(H-,66,69,70,71)/p+1/b10-8-,16-14-,22-20-,28-26-,32-31-,35-34-,41-39-,58-56+. The molecule has 0 saturated heterocycles. The van der Waals surface area contributed by atoms with Gasteiger partial charge in [0.2, 0.25) is 5.91 Å². The summed E-state index contributed by atoms with van der Waals surface area (Å²) < 4.78 is 23.7. The minimum Gasteiger partial charge on any atom is -0.387 e. The minimum absolute atomic E-state index is 0.0546. The number of likely N-dealkylation sites (N-methyl/N-ethyl adjacent to an activating group) is 1. The van der Waals surface area contributed by atoms with Gasteiger partial charge in [-0.25, -0.2) is 4.57 Å². The maximum absolute atomic E-state index is 13.0. The predicted octanol–water partition coefficient (Wildman–Crippen LogP) is 19.0. The fourth-order valence-electron chi connectivity index (χ4n) is 8.55. The van der Waals surface area contributed by atoms with Gasteiger partial charge in [-0.1, -0.05) is 272 Å². The van der Waals surface area contributed by atoms with Crippen LogP contribution in [0.25, 0.3) is 0 Å². The summed E-state index contributed by atoms with van der Waals surface area (Å²) in [7, 11) is 1.56. The fourth-order valence-corrected chi connectivity index (χ4v) is 9.29. The third-order valence-corrected chi connectivity index (χ3v) is 14.3.